The Morgan fingerprint density at radius 3 is 2.51 bits per heavy atom. The minimum absolute atomic E-state index is 0.132. The van der Waals surface area contributed by atoms with Gasteiger partial charge in [0.1, 0.15) is 5.69 Å². The first-order chi connectivity index (χ1) is 16.9. The highest BCUT2D eigenvalue weighted by Crippen LogP contribution is 2.41. The SMILES string of the molecule is O=C1NC[C@@H](NS(=O)(=O)c2ccccc2)[C@H](c2c[nH]c3ccc(Br)cc23)c2c1[nH]c1ccccc21. The summed E-state index contributed by atoms with van der Waals surface area (Å²) in [6, 6.07) is 21.3. The number of hydrogen-bond donors (Lipinski definition) is 4. The zero-order valence-corrected chi connectivity index (χ0v) is 20.8. The molecule has 1 aliphatic heterocycles. The van der Waals surface area contributed by atoms with Crippen LogP contribution in [-0.4, -0.2) is 36.9 Å². The van der Waals surface area contributed by atoms with E-state index in [-0.39, 0.29) is 17.3 Å². The van der Waals surface area contributed by atoms with Gasteiger partial charge >= 0.3 is 0 Å². The molecule has 9 heteroatoms. The molecule has 3 heterocycles. The molecule has 0 saturated carbocycles. The fourth-order valence-corrected chi connectivity index (χ4v) is 6.63. The van der Waals surface area contributed by atoms with Gasteiger partial charge in [-0.2, -0.15) is 0 Å². The standard InChI is InChI=1S/C26H21BrN4O3S/c27-15-10-11-20-18(12-15)19(13-28-20)23-22(31-35(33,34)16-6-2-1-3-7-16)14-29-26(32)25-24(23)17-8-4-5-9-21(17)30-25/h1-13,22-23,28,30-31H,14H2,(H,29,32)/t22-,23+/m1/s1. The van der Waals surface area contributed by atoms with Gasteiger partial charge in [-0.15, -0.1) is 0 Å². The highest BCUT2D eigenvalue weighted by Gasteiger charge is 2.38. The van der Waals surface area contributed by atoms with Crippen LogP contribution in [0.4, 0.5) is 0 Å². The summed E-state index contributed by atoms with van der Waals surface area (Å²) in [6.45, 7) is 0.132. The van der Waals surface area contributed by atoms with Crippen molar-refractivity contribution in [1.82, 2.24) is 20.0 Å². The summed E-state index contributed by atoms with van der Waals surface area (Å²) in [6.07, 6.45) is 1.91. The molecule has 35 heavy (non-hydrogen) atoms. The van der Waals surface area contributed by atoms with E-state index in [1.165, 1.54) is 0 Å². The van der Waals surface area contributed by atoms with Gasteiger partial charge in [0.05, 0.1) is 10.9 Å². The molecule has 0 fully saturated rings. The van der Waals surface area contributed by atoms with E-state index in [0.29, 0.717) is 5.69 Å². The largest absolute Gasteiger partial charge is 0.361 e. The number of sulfonamides is 1. The second kappa shape index (κ2) is 8.37. The van der Waals surface area contributed by atoms with Gasteiger partial charge < -0.3 is 15.3 Å². The number of benzene rings is 3. The van der Waals surface area contributed by atoms with E-state index in [1.807, 2.05) is 48.7 Å². The van der Waals surface area contributed by atoms with Gasteiger partial charge in [0.15, 0.2) is 0 Å². The summed E-state index contributed by atoms with van der Waals surface area (Å²) in [5, 5.41) is 4.76. The first-order valence-corrected chi connectivity index (χ1v) is 13.4. The first kappa shape index (κ1) is 22.1. The molecule has 0 aliphatic carbocycles. The van der Waals surface area contributed by atoms with Gasteiger partial charge in [-0.1, -0.05) is 52.3 Å². The van der Waals surface area contributed by atoms with Gasteiger partial charge in [0.25, 0.3) is 5.91 Å². The van der Waals surface area contributed by atoms with Crippen LogP contribution in [0.15, 0.2) is 88.4 Å². The Balaban J connectivity index is 1.59. The zero-order chi connectivity index (χ0) is 24.2. The van der Waals surface area contributed by atoms with Crippen molar-refractivity contribution in [2.24, 2.45) is 0 Å². The van der Waals surface area contributed by atoms with Crippen LogP contribution in [0.2, 0.25) is 0 Å². The number of aromatic nitrogens is 2. The predicted octanol–water partition coefficient (Wildman–Crippen LogP) is 4.63. The van der Waals surface area contributed by atoms with E-state index in [1.54, 1.807) is 30.3 Å². The Kier molecular flexibility index (Phi) is 5.28. The molecule has 6 rings (SSSR count). The number of H-pyrrole nitrogens is 2. The van der Waals surface area contributed by atoms with E-state index in [4.69, 9.17) is 0 Å². The third kappa shape index (κ3) is 3.76. The maximum atomic E-state index is 13.4. The number of halogens is 1. The van der Waals surface area contributed by atoms with Gasteiger partial charge in [-0.05, 0) is 47.5 Å². The molecule has 0 saturated heterocycles. The number of nitrogens with one attached hydrogen (secondary N) is 4. The summed E-state index contributed by atoms with van der Waals surface area (Å²) in [5.41, 5.74) is 3.88. The van der Waals surface area contributed by atoms with E-state index in [9.17, 15) is 13.2 Å². The summed E-state index contributed by atoms with van der Waals surface area (Å²) in [5.74, 6) is -0.703. The fraction of sp³-hybridized carbons (Fsp3) is 0.115. The molecule has 5 aromatic rings. The maximum Gasteiger partial charge on any atom is 0.268 e. The molecule has 2 atom stereocenters. The van der Waals surface area contributed by atoms with Crippen LogP contribution in [0.5, 0.6) is 0 Å². The lowest BCUT2D eigenvalue weighted by atomic mass is 9.84. The molecule has 1 amide bonds. The van der Waals surface area contributed by atoms with Gasteiger partial charge in [-0.3, -0.25) is 4.79 Å². The Morgan fingerprint density at radius 2 is 1.69 bits per heavy atom. The monoisotopic (exact) mass is 548 g/mol. The number of rotatable bonds is 4. The van der Waals surface area contributed by atoms with Crippen molar-refractivity contribution >= 4 is 53.7 Å². The number of carbonyl (C=O) groups is 1. The lowest BCUT2D eigenvalue weighted by Crippen LogP contribution is -2.45. The summed E-state index contributed by atoms with van der Waals surface area (Å²) >= 11 is 3.56. The smallest absolute Gasteiger partial charge is 0.268 e. The van der Waals surface area contributed by atoms with Crippen molar-refractivity contribution in [3.8, 4) is 0 Å². The third-order valence-electron chi connectivity index (χ3n) is 6.54. The average Bonchev–Trinajstić information content (AvgIpc) is 3.42. The van der Waals surface area contributed by atoms with Crippen LogP contribution >= 0.6 is 15.9 Å². The molecule has 4 N–H and O–H groups in total. The number of hydrogen-bond acceptors (Lipinski definition) is 3. The van der Waals surface area contributed by atoms with Crippen LogP contribution in [-0.2, 0) is 10.0 Å². The molecule has 0 radical (unpaired) electrons. The zero-order valence-electron chi connectivity index (χ0n) is 18.4. The van der Waals surface area contributed by atoms with Gasteiger partial charge in [-0.25, -0.2) is 13.1 Å². The molecule has 2 aromatic heterocycles. The fourth-order valence-electron chi connectivity index (χ4n) is 5.00. The highest BCUT2D eigenvalue weighted by molar-refractivity contribution is 9.10. The van der Waals surface area contributed by atoms with E-state index in [2.05, 4.69) is 35.9 Å². The van der Waals surface area contributed by atoms with Crippen LogP contribution in [0.1, 0.15) is 27.5 Å². The second-order valence-corrected chi connectivity index (χ2v) is 11.3. The summed E-state index contributed by atoms with van der Waals surface area (Å²) < 4.78 is 30.6. The minimum Gasteiger partial charge on any atom is -0.361 e. The molecule has 0 spiro atoms. The number of para-hydroxylation sites is 1. The van der Waals surface area contributed by atoms with E-state index < -0.39 is 22.0 Å². The van der Waals surface area contributed by atoms with Gasteiger partial charge in [0, 0.05) is 44.9 Å². The van der Waals surface area contributed by atoms with Crippen molar-refractivity contribution in [1.29, 1.82) is 0 Å². The lowest BCUT2D eigenvalue weighted by molar-refractivity contribution is 0.0950. The number of fused-ring (bicyclic) bond motifs is 4. The van der Waals surface area contributed by atoms with Crippen molar-refractivity contribution in [2.45, 2.75) is 16.9 Å². The normalized spacial score (nSPS) is 18.4. The minimum atomic E-state index is -3.85. The Labute approximate surface area is 210 Å². The molecule has 176 valence electrons. The highest BCUT2D eigenvalue weighted by atomic mass is 79.9. The third-order valence-corrected chi connectivity index (χ3v) is 8.54. The van der Waals surface area contributed by atoms with E-state index >= 15 is 0 Å². The van der Waals surface area contributed by atoms with Gasteiger partial charge in [0.2, 0.25) is 10.0 Å². The Bertz CT molecular complexity index is 1690. The lowest BCUT2D eigenvalue weighted by Gasteiger charge is -2.26. The van der Waals surface area contributed by atoms with Crippen molar-refractivity contribution in [2.75, 3.05) is 6.54 Å². The van der Waals surface area contributed by atoms with Crippen LogP contribution < -0.4 is 10.0 Å². The number of aromatic amines is 2. The second-order valence-electron chi connectivity index (χ2n) is 8.62. The molecule has 0 unspecified atom stereocenters. The molecule has 0 bridgehead atoms. The van der Waals surface area contributed by atoms with Crippen molar-refractivity contribution in [3.05, 3.63) is 100 Å². The first-order valence-electron chi connectivity index (χ1n) is 11.1. The molecular weight excluding hydrogens is 528 g/mol. The predicted molar refractivity (Wildman–Crippen MR) is 139 cm³/mol. The van der Waals surface area contributed by atoms with Crippen LogP contribution in [0.3, 0.4) is 0 Å². The molecular formula is C26H21BrN4O3S. The Morgan fingerprint density at radius 1 is 0.914 bits per heavy atom. The Hall–Kier alpha value is -3.40. The van der Waals surface area contributed by atoms with E-state index in [0.717, 1.165) is 37.4 Å². The van der Waals surface area contributed by atoms with Crippen molar-refractivity contribution in [3.63, 3.8) is 0 Å². The molecule has 3 aromatic carbocycles. The average molecular weight is 549 g/mol. The maximum absolute atomic E-state index is 13.4. The topological polar surface area (TPSA) is 107 Å². The molecule has 1 aliphatic rings. The number of carbonyl (C=O) groups excluding carboxylic acids is 1. The quantitative estimate of drug-likeness (QED) is 0.263. The molecule has 7 nitrogen and oxygen atoms in total. The summed E-state index contributed by atoms with van der Waals surface area (Å²) in [4.78, 5) is 19.9. The van der Waals surface area contributed by atoms with Crippen molar-refractivity contribution < 1.29 is 13.2 Å². The summed E-state index contributed by atoms with van der Waals surface area (Å²) in [7, 11) is -3.85. The number of amides is 1. The van der Waals surface area contributed by atoms with Crippen LogP contribution in [0, 0.1) is 0 Å². The van der Waals surface area contributed by atoms with Crippen LogP contribution in [0.25, 0.3) is 21.8 Å².